The van der Waals surface area contributed by atoms with Crippen LogP contribution in [0.3, 0.4) is 0 Å². The zero-order valence-corrected chi connectivity index (χ0v) is 11.3. The summed E-state index contributed by atoms with van der Waals surface area (Å²) in [6.45, 7) is 0.807. The predicted octanol–water partition coefficient (Wildman–Crippen LogP) is 3.57. The first-order valence-electron chi connectivity index (χ1n) is 4.96. The Bertz CT molecular complexity index is 553. The summed E-state index contributed by atoms with van der Waals surface area (Å²) in [6.07, 6.45) is 0.914. The number of nitrogens with two attached hydrogens (primary N) is 1. The Morgan fingerprint density at radius 1 is 1.41 bits per heavy atom. The monoisotopic (exact) mass is 283 g/mol. The van der Waals surface area contributed by atoms with Crippen LogP contribution < -0.4 is 11.1 Å². The summed E-state index contributed by atoms with van der Waals surface area (Å²) >= 11 is 8.81. The van der Waals surface area contributed by atoms with Gasteiger partial charge in [-0.05, 0) is 24.6 Å². The number of nitrogen functional groups attached to an aromatic ring is 1. The van der Waals surface area contributed by atoms with E-state index in [2.05, 4.69) is 11.4 Å². The second kappa shape index (κ2) is 5.41. The van der Waals surface area contributed by atoms with Crippen molar-refractivity contribution in [2.75, 3.05) is 17.6 Å². The minimum absolute atomic E-state index is 0.541. The second-order valence-corrected chi connectivity index (χ2v) is 6.24. The normalized spacial score (nSPS) is 10.1. The van der Waals surface area contributed by atoms with Crippen molar-refractivity contribution in [1.29, 1.82) is 5.26 Å². The van der Waals surface area contributed by atoms with Crippen LogP contribution in [0.5, 0.6) is 0 Å². The molecule has 2 aromatic heterocycles. The number of hydrogen-bond acceptors (Lipinski definition) is 5. The van der Waals surface area contributed by atoms with Crippen LogP contribution >= 0.6 is 34.3 Å². The lowest BCUT2D eigenvalue weighted by atomic mass is 10.3. The Labute approximate surface area is 112 Å². The number of nitrogens with zero attached hydrogens (tertiary/aromatic N) is 1. The van der Waals surface area contributed by atoms with Crippen molar-refractivity contribution in [1.82, 2.24) is 0 Å². The van der Waals surface area contributed by atoms with Crippen LogP contribution in [0.25, 0.3) is 0 Å². The molecular formula is C11H10ClN3S2. The highest BCUT2D eigenvalue weighted by molar-refractivity contribution is 7.17. The summed E-state index contributed by atoms with van der Waals surface area (Å²) in [5.74, 6) is 0. The third kappa shape index (κ3) is 3.13. The lowest BCUT2D eigenvalue weighted by Gasteiger charge is -2.00. The molecule has 6 heteroatoms. The third-order valence-electron chi connectivity index (χ3n) is 2.16. The molecule has 0 unspecified atom stereocenters. The number of thiophene rings is 2. The zero-order valence-electron chi connectivity index (χ0n) is 8.87. The predicted molar refractivity (Wildman–Crippen MR) is 75.0 cm³/mol. The van der Waals surface area contributed by atoms with Gasteiger partial charge in [-0.15, -0.1) is 22.7 Å². The fourth-order valence-corrected chi connectivity index (χ4v) is 3.26. The van der Waals surface area contributed by atoms with Gasteiger partial charge >= 0.3 is 0 Å². The van der Waals surface area contributed by atoms with Crippen LogP contribution in [0.1, 0.15) is 9.75 Å². The fraction of sp³-hybridized carbons (Fsp3) is 0.182. The summed E-state index contributed by atoms with van der Waals surface area (Å²) in [6, 6.07) is 7.79. The molecule has 2 heterocycles. The van der Waals surface area contributed by atoms with E-state index in [1.54, 1.807) is 17.4 Å². The molecule has 0 fully saturated rings. The van der Waals surface area contributed by atoms with Gasteiger partial charge in [0, 0.05) is 11.4 Å². The molecule has 88 valence electrons. The Morgan fingerprint density at radius 3 is 2.82 bits per heavy atom. The van der Waals surface area contributed by atoms with Crippen LogP contribution in [0.2, 0.25) is 4.34 Å². The van der Waals surface area contributed by atoms with Gasteiger partial charge < -0.3 is 11.1 Å². The topological polar surface area (TPSA) is 61.8 Å². The van der Waals surface area contributed by atoms with E-state index in [0.717, 1.165) is 22.3 Å². The lowest BCUT2D eigenvalue weighted by Crippen LogP contribution is -2.01. The van der Waals surface area contributed by atoms with Gasteiger partial charge in [0.1, 0.15) is 10.9 Å². The molecule has 0 bridgehead atoms. The van der Waals surface area contributed by atoms with Crippen molar-refractivity contribution in [3.8, 4) is 6.07 Å². The largest absolute Gasteiger partial charge is 0.397 e. The average Bonchev–Trinajstić information content (AvgIpc) is 2.85. The van der Waals surface area contributed by atoms with E-state index in [4.69, 9.17) is 22.6 Å². The Kier molecular flexibility index (Phi) is 3.89. The molecule has 0 aliphatic carbocycles. The molecule has 0 saturated heterocycles. The van der Waals surface area contributed by atoms with Gasteiger partial charge in [-0.3, -0.25) is 0 Å². The summed E-state index contributed by atoms with van der Waals surface area (Å²) < 4.78 is 0.812. The minimum atomic E-state index is 0.541. The maximum Gasteiger partial charge on any atom is 0.129 e. The molecule has 0 aromatic carbocycles. The highest BCUT2D eigenvalue weighted by Crippen LogP contribution is 2.28. The lowest BCUT2D eigenvalue weighted by molar-refractivity contribution is 1.05. The zero-order chi connectivity index (χ0) is 12.3. The molecular weight excluding hydrogens is 274 g/mol. The maximum absolute atomic E-state index is 8.78. The number of rotatable bonds is 4. The first kappa shape index (κ1) is 12.2. The van der Waals surface area contributed by atoms with E-state index in [-0.39, 0.29) is 0 Å². The molecule has 17 heavy (non-hydrogen) atoms. The van der Waals surface area contributed by atoms with Gasteiger partial charge in [0.2, 0.25) is 0 Å². The highest BCUT2D eigenvalue weighted by atomic mass is 35.5. The second-order valence-electron chi connectivity index (χ2n) is 3.39. The van der Waals surface area contributed by atoms with Crippen LogP contribution in [0.15, 0.2) is 18.2 Å². The van der Waals surface area contributed by atoms with Crippen LogP contribution in [0, 0.1) is 11.3 Å². The molecule has 2 rings (SSSR count). The Hall–Kier alpha value is -1.22. The Balaban J connectivity index is 1.88. The van der Waals surface area contributed by atoms with Crippen molar-refractivity contribution in [3.63, 3.8) is 0 Å². The van der Waals surface area contributed by atoms with E-state index in [0.29, 0.717) is 10.6 Å². The molecule has 0 spiro atoms. The summed E-state index contributed by atoms with van der Waals surface area (Å²) in [5.41, 5.74) is 6.21. The van der Waals surface area contributed by atoms with Crippen molar-refractivity contribution in [2.45, 2.75) is 6.42 Å². The fourth-order valence-electron chi connectivity index (χ4n) is 1.37. The number of nitrogens with one attached hydrogen (secondary N) is 1. The first-order valence-corrected chi connectivity index (χ1v) is 6.97. The molecule has 0 radical (unpaired) electrons. The number of halogens is 1. The van der Waals surface area contributed by atoms with Crippen LogP contribution in [-0.2, 0) is 6.42 Å². The van der Waals surface area contributed by atoms with Crippen molar-refractivity contribution in [3.05, 3.63) is 32.3 Å². The average molecular weight is 284 g/mol. The van der Waals surface area contributed by atoms with Gasteiger partial charge in [0.05, 0.1) is 15.0 Å². The molecule has 0 atom stereocenters. The SMILES string of the molecule is N#Cc1sc(NCCc2ccc(Cl)s2)cc1N. The quantitative estimate of drug-likeness (QED) is 0.902. The van der Waals surface area contributed by atoms with Gasteiger partial charge in [-0.2, -0.15) is 5.26 Å². The molecule has 2 aromatic rings. The molecule has 0 aliphatic rings. The third-order valence-corrected chi connectivity index (χ3v) is 4.47. The minimum Gasteiger partial charge on any atom is -0.397 e. The smallest absolute Gasteiger partial charge is 0.129 e. The van der Waals surface area contributed by atoms with Gasteiger partial charge in [0.15, 0.2) is 0 Å². The summed E-state index contributed by atoms with van der Waals surface area (Å²) in [4.78, 5) is 1.80. The van der Waals surface area contributed by atoms with Gasteiger partial charge in [-0.25, -0.2) is 0 Å². The van der Waals surface area contributed by atoms with Gasteiger partial charge in [-0.1, -0.05) is 11.6 Å². The number of anilines is 2. The van der Waals surface area contributed by atoms with Crippen LogP contribution in [0.4, 0.5) is 10.7 Å². The summed E-state index contributed by atoms with van der Waals surface area (Å²) in [7, 11) is 0. The molecule has 3 N–H and O–H groups in total. The van der Waals surface area contributed by atoms with Gasteiger partial charge in [0.25, 0.3) is 0 Å². The van der Waals surface area contributed by atoms with E-state index >= 15 is 0 Å². The van der Waals surface area contributed by atoms with E-state index < -0.39 is 0 Å². The molecule has 0 amide bonds. The van der Waals surface area contributed by atoms with Crippen molar-refractivity contribution < 1.29 is 0 Å². The number of hydrogen-bond donors (Lipinski definition) is 2. The van der Waals surface area contributed by atoms with Crippen LogP contribution in [-0.4, -0.2) is 6.54 Å². The molecule has 0 saturated carbocycles. The number of nitriles is 1. The molecule has 0 aliphatic heterocycles. The first-order chi connectivity index (χ1) is 8.19. The van der Waals surface area contributed by atoms with Crippen molar-refractivity contribution in [2.24, 2.45) is 0 Å². The maximum atomic E-state index is 8.78. The summed E-state index contributed by atoms with van der Waals surface area (Å²) in [5, 5.41) is 13.0. The van der Waals surface area contributed by atoms with E-state index in [9.17, 15) is 0 Å². The van der Waals surface area contributed by atoms with E-state index in [1.807, 2.05) is 12.1 Å². The van der Waals surface area contributed by atoms with Crippen molar-refractivity contribution >= 4 is 45.0 Å². The van der Waals surface area contributed by atoms with E-state index in [1.165, 1.54) is 16.2 Å². The Morgan fingerprint density at radius 2 is 2.24 bits per heavy atom. The highest BCUT2D eigenvalue weighted by Gasteiger charge is 2.05. The standard InChI is InChI=1S/C11H10ClN3S2/c12-10-2-1-7(16-10)3-4-15-11-5-8(14)9(6-13)17-11/h1-2,5,15H,3-4,14H2. The molecule has 3 nitrogen and oxygen atoms in total.